The Morgan fingerprint density at radius 2 is 1.86 bits per heavy atom. The van der Waals surface area contributed by atoms with Crippen molar-refractivity contribution in [2.24, 2.45) is 0 Å². The van der Waals surface area contributed by atoms with Crippen LogP contribution in [-0.4, -0.2) is 80.5 Å². The second kappa shape index (κ2) is 12.3. The Morgan fingerprint density at radius 1 is 1.05 bits per heavy atom. The number of hydrogen-bond donors (Lipinski definition) is 1. The quantitative estimate of drug-likeness (QED) is 0.440. The Labute approximate surface area is 217 Å². The monoisotopic (exact) mass is 503 g/mol. The summed E-state index contributed by atoms with van der Waals surface area (Å²) < 4.78 is 17.0. The largest absolute Gasteiger partial charge is 0.489 e. The van der Waals surface area contributed by atoms with Crippen molar-refractivity contribution in [3.05, 3.63) is 48.3 Å². The zero-order chi connectivity index (χ0) is 26.2. The van der Waals surface area contributed by atoms with Crippen LogP contribution in [0.2, 0.25) is 0 Å². The molecule has 1 aliphatic heterocycles. The van der Waals surface area contributed by atoms with E-state index in [-0.39, 0.29) is 6.10 Å². The van der Waals surface area contributed by atoms with Crippen LogP contribution in [0, 0.1) is 11.3 Å². The first-order valence-electron chi connectivity index (χ1n) is 12.3. The van der Waals surface area contributed by atoms with Gasteiger partial charge in [0.25, 0.3) is 0 Å². The molecule has 1 N–H and O–H groups in total. The minimum Gasteiger partial charge on any atom is -0.489 e. The molecule has 4 rings (SSSR count). The fourth-order valence-corrected chi connectivity index (χ4v) is 3.98. The first kappa shape index (κ1) is 26.1. The minimum atomic E-state index is 0.0604. The van der Waals surface area contributed by atoms with Gasteiger partial charge in [-0.1, -0.05) is 0 Å². The van der Waals surface area contributed by atoms with E-state index in [1.54, 1.807) is 13.2 Å². The van der Waals surface area contributed by atoms with Gasteiger partial charge in [-0.25, -0.2) is 9.97 Å². The van der Waals surface area contributed by atoms with Crippen LogP contribution in [0.3, 0.4) is 0 Å². The maximum absolute atomic E-state index is 9.71. The van der Waals surface area contributed by atoms with E-state index < -0.39 is 0 Å². The van der Waals surface area contributed by atoms with Crippen molar-refractivity contribution in [1.82, 2.24) is 19.9 Å². The molecule has 1 aliphatic rings. The first-order chi connectivity index (χ1) is 18.0. The summed E-state index contributed by atoms with van der Waals surface area (Å²) >= 11 is 0. The molecular weight excluding hydrogens is 470 g/mol. The van der Waals surface area contributed by atoms with E-state index in [1.807, 2.05) is 51.5 Å². The summed E-state index contributed by atoms with van der Waals surface area (Å²) in [4.78, 5) is 17.6. The van der Waals surface area contributed by atoms with Crippen LogP contribution < -0.4 is 19.7 Å². The molecule has 0 unspecified atom stereocenters. The summed E-state index contributed by atoms with van der Waals surface area (Å²) in [5.74, 6) is 2.29. The average Bonchev–Trinajstić information content (AvgIpc) is 2.92. The van der Waals surface area contributed by atoms with Crippen molar-refractivity contribution in [3.63, 3.8) is 0 Å². The van der Waals surface area contributed by atoms with Gasteiger partial charge in [-0.15, -0.1) is 0 Å². The van der Waals surface area contributed by atoms with Crippen LogP contribution >= 0.6 is 0 Å². The Balaban J connectivity index is 1.50. The van der Waals surface area contributed by atoms with E-state index in [9.17, 15) is 5.26 Å². The highest BCUT2D eigenvalue weighted by Gasteiger charge is 2.18. The number of pyridine rings is 1. The first-order valence-corrected chi connectivity index (χ1v) is 12.3. The number of benzene rings is 1. The second-order valence-electron chi connectivity index (χ2n) is 9.12. The molecule has 0 bridgehead atoms. The molecule has 10 heteroatoms. The highest BCUT2D eigenvalue weighted by Crippen LogP contribution is 2.30. The fraction of sp³-hybridized carbons (Fsp3) is 0.407. The lowest BCUT2D eigenvalue weighted by molar-refractivity contribution is 0.0254. The average molecular weight is 504 g/mol. The lowest BCUT2D eigenvalue weighted by Gasteiger charge is -2.23. The number of nitrogens with one attached hydrogen (secondary N) is 1. The van der Waals surface area contributed by atoms with E-state index in [4.69, 9.17) is 14.2 Å². The third kappa shape index (κ3) is 6.84. The van der Waals surface area contributed by atoms with Crippen molar-refractivity contribution >= 4 is 17.3 Å². The third-order valence-corrected chi connectivity index (χ3v) is 6.11. The number of methoxy groups -OCH3 is 1. The SMILES string of the molecule is COc1nc(Nc2cc(-c3ccc(OC4CCOCC4)c(C#N)c3)ncn2)ccc1N(C)CCN(C)C. The third-order valence-electron chi connectivity index (χ3n) is 6.11. The molecule has 0 radical (unpaired) electrons. The summed E-state index contributed by atoms with van der Waals surface area (Å²) in [5.41, 5.74) is 2.85. The van der Waals surface area contributed by atoms with Crippen LogP contribution in [0.5, 0.6) is 11.6 Å². The number of nitrogens with zero attached hydrogens (tertiary/aromatic N) is 6. The molecule has 0 amide bonds. The van der Waals surface area contributed by atoms with Gasteiger partial charge < -0.3 is 29.3 Å². The predicted octanol–water partition coefficient (Wildman–Crippen LogP) is 3.72. The zero-order valence-electron chi connectivity index (χ0n) is 21.8. The van der Waals surface area contributed by atoms with E-state index in [0.717, 1.165) is 37.2 Å². The Hall–Kier alpha value is -3.94. The predicted molar refractivity (Wildman–Crippen MR) is 143 cm³/mol. The summed E-state index contributed by atoms with van der Waals surface area (Å²) in [6.45, 7) is 3.12. The van der Waals surface area contributed by atoms with E-state index >= 15 is 0 Å². The van der Waals surface area contributed by atoms with Gasteiger partial charge in [0.2, 0.25) is 5.88 Å². The van der Waals surface area contributed by atoms with Gasteiger partial charge in [0, 0.05) is 44.6 Å². The summed E-state index contributed by atoms with van der Waals surface area (Å²) in [5, 5.41) is 12.9. The number of aromatic nitrogens is 3. The fourth-order valence-electron chi connectivity index (χ4n) is 3.98. The Kier molecular flexibility index (Phi) is 8.72. The van der Waals surface area contributed by atoms with Crippen molar-refractivity contribution in [2.75, 3.05) is 64.8 Å². The maximum atomic E-state index is 9.71. The molecule has 1 saturated heterocycles. The number of rotatable bonds is 10. The minimum absolute atomic E-state index is 0.0604. The molecule has 10 nitrogen and oxygen atoms in total. The second-order valence-corrected chi connectivity index (χ2v) is 9.12. The van der Waals surface area contributed by atoms with Crippen molar-refractivity contribution < 1.29 is 14.2 Å². The molecule has 37 heavy (non-hydrogen) atoms. The zero-order valence-corrected chi connectivity index (χ0v) is 21.8. The number of ether oxygens (including phenoxy) is 3. The molecule has 2 aromatic heterocycles. The van der Waals surface area contributed by atoms with Gasteiger partial charge in [-0.2, -0.15) is 10.2 Å². The van der Waals surface area contributed by atoms with E-state index in [0.29, 0.717) is 47.7 Å². The Morgan fingerprint density at radius 3 is 2.59 bits per heavy atom. The number of hydrogen-bond acceptors (Lipinski definition) is 10. The molecule has 1 fully saturated rings. The molecule has 0 aliphatic carbocycles. The van der Waals surface area contributed by atoms with Crippen molar-refractivity contribution in [2.45, 2.75) is 18.9 Å². The lowest BCUT2D eigenvalue weighted by Crippen LogP contribution is -2.28. The van der Waals surface area contributed by atoms with Gasteiger partial charge in [-0.05, 0) is 44.4 Å². The van der Waals surface area contributed by atoms with E-state index in [1.165, 1.54) is 6.33 Å². The standard InChI is InChI=1S/C27H33N7O3/c1-33(2)11-12-34(3)23-6-8-25(32-27(23)35-4)31-26-16-22(29-18-30-26)19-5-7-24(20(15-19)17-28)37-21-9-13-36-14-10-21/h5-8,15-16,18,21H,9-14H2,1-4H3,(H,29,30,31,32). The molecule has 3 heterocycles. The van der Waals surface area contributed by atoms with Crippen LogP contribution in [0.4, 0.5) is 17.3 Å². The van der Waals surface area contributed by atoms with Gasteiger partial charge in [0.15, 0.2) is 0 Å². The molecule has 0 atom stereocenters. The highest BCUT2D eigenvalue weighted by molar-refractivity contribution is 5.68. The molecular formula is C27H33N7O3. The molecule has 0 spiro atoms. The molecule has 3 aromatic rings. The van der Waals surface area contributed by atoms with Gasteiger partial charge >= 0.3 is 0 Å². The smallest absolute Gasteiger partial charge is 0.239 e. The topological polar surface area (TPSA) is 109 Å². The van der Waals surface area contributed by atoms with Gasteiger partial charge in [0.1, 0.15) is 35.9 Å². The lowest BCUT2D eigenvalue weighted by atomic mass is 10.1. The van der Waals surface area contributed by atoms with Gasteiger partial charge in [0.05, 0.1) is 37.3 Å². The van der Waals surface area contributed by atoms with Gasteiger partial charge in [-0.3, -0.25) is 0 Å². The summed E-state index contributed by atoms with van der Waals surface area (Å²) in [7, 11) is 7.72. The maximum Gasteiger partial charge on any atom is 0.239 e. The molecule has 1 aromatic carbocycles. The van der Waals surface area contributed by atoms with E-state index in [2.05, 4.69) is 36.1 Å². The van der Waals surface area contributed by atoms with Crippen LogP contribution in [0.1, 0.15) is 18.4 Å². The van der Waals surface area contributed by atoms with Crippen LogP contribution in [0.25, 0.3) is 11.3 Å². The summed E-state index contributed by atoms with van der Waals surface area (Å²) in [6.07, 6.45) is 3.18. The van der Waals surface area contributed by atoms with Crippen LogP contribution in [-0.2, 0) is 4.74 Å². The van der Waals surface area contributed by atoms with Crippen LogP contribution in [0.15, 0.2) is 42.7 Å². The number of anilines is 3. The number of likely N-dealkylation sites (N-methyl/N-ethyl adjacent to an activating group) is 2. The normalized spacial score (nSPS) is 13.7. The molecule has 0 saturated carbocycles. The summed E-state index contributed by atoms with van der Waals surface area (Å²) in [6, 6.07) is 13.5. The van der Waals surface area contributed by atoms with Crippen molar-refractivity contribution in [1.29, 1.82) is 5.26 Å². The van der Waals surface area contributed by atoms with Crippen molar-refractivity contribution in [3.8, 4) is 29.0 Å². The Bertz CT molecular complexity index is 1240. The number of nitriles is 1. The molecule has 194 valence electrons. The highest BCUT2D eigenvalue weighted by atomic mass is 16.5.